The van der Waals surface area contributed by atoms with Gasteiger partial charge in [0.15, 0.2) is 0 Å². The zero-order valence-electron chi connectivity index (χ0n) is 14.5. The first-order chi connectivity index (χ1) is 13.2. The van der Waals surface area contributed by atoms with E-state index in [9.17, 15) is 9.59 Å². The van der Waals surface area contributed by atoms with Crippen LogP contribution in [-0.4, -0.2) is 11.8 Å². The van der Waals surface area contributed by atoms with Crippen molar-refractivity contribution in [2.24, 2.45) is 0 Å². The molecule has 0 aromatic heterocycles. The maximum absolute atomic E-state index is 13.7. The predicted octanol–water partition coefficient (Wildman–Crippen LogP) is 3.81. The molecule has 0 N–H and O–H groups in total. The van der Waals surface area contributed by atoms with Gasteiger partial charge in [0.05, 0.1) is 23.7 Å². The van der Waals surface area contributed by atoms with Gasteiger partial charge in [-0.1, -0.05) is 66.7 Å². The summed E-state index contributed by atoms with van der Waals surface area (Å²) in [6.45, 7) is 0. The molecule has 1 aliphatic rings. The van der Waals surface area contributed by atoms with Gasteiger partial charge in [-0.25, -0.2) is 4.90 Å². The smallest absolute Gasteiger partial charge is 0.249 e. The lowest BCUT2D eigenvalue weighted by atomic mass is 9.73. The molecule has 130 valence electrons. The van der Waals surface area contributed by atoms with Crippen molar-refractivity contribution in [1.82, 2.24) is 0 Å². The Labute approximate surface area is 157 Å². The van der Waals surface area contributed by atoms with E-state index in [1.807, 2.05) is 60.7 Å². The van der Waals surface area contributed by atoms with E-state index in [2.05, 4.69) is 6.07 Å². The monoisotopic (exact) mass is 352 g/mol. The second-order valence-corrected chi connectivity index (χ2v) is 6.51. The normalized spacial score (nSPS) is 15.6. The molecular formula is C23H16N2O2. The molecule has 0 radical (unpaired) electrons. The second-order valence-electron chi connectivity index (χ2n) is 6.51. The average Bonchev–Trinajstić information content (AvgIpc) is 3.00. The summed E-state index contributed by atoms with van der Waals surface area (Å²) in [7, 11) is 0. The number of amides is 2. The van der Waals surface area contributed by atoms with Crippen molar-refractivity contribution in [2.75, 3.05) is 4.90 Å². The molecule has 4 nitrogen and oxygen atoms in total. The van der Waals surface area contributed by atoms with Crippen LogP contribution in [0.15, 0.2) is 84.9 Å². The van der Waals surface area contributed by atoms with Crippen LogP contribution < -0.4 is 4.90 Å². The minimum atomic E-state index is -1.07. The fourth-order valence-corrected chi connectivity index (χ4v) is 3.72. The van der Waals surface area contributed by atoms with E-state index in [4.69, 9.17) is 5.26 Å². The van der Waals surface area contributed by atoms with Crippen LogP contribution in [0, 0.1) is 11.3 Å². The van der Waals surface area contributed by atoms with Gasteiger partial charge in [0, 0.05) is 0 Å². The van der Waals surface area contributed by atoms with Crippen molar-refractivity contribution in [1.29, 1.82) is 5.26 Å². The highest BCUT2D eigenvalue weighted by atomic mass is 16.2. The number of rotatable bonds is 3. The van der Waals surface area contributed by atoms with Gasteiger partial charge in [0.25, 0.3) is 0 Å². The van der Waals surface area contributed by atoms with Crippen molar-refractivity contribution in [3.63, 3.8) is 0 Å². The minimum Gasteiger partial charge on any atom is -0.274 e. The van der Waals surface area contributed by atoms with Crippen LogP contribution in [0.3, 0.4) is 0 Å². The van der Waals surface area contributed by atoms with Gasteiger partial charge in [0.2, 0.25) is 11.8 Å². The number of nitriles is 1. The highest BCUT2D eigenvalue weighted by Crippen LogP contribution is 2.44. The number of benzene rings is 3. The maximum Gasteiger partial charge on any atom is 0.249 e. The molecule has 1 fully saturated rings. The van der Waals surface area contributed by atoms with E-state index in [-0.39, 0.29) is 18.2 Å². The van der Waals surface area contributed by atoms with Gasteiger partial charge < -0.3 is 0 Å². The molecule has 3 aromatic carbocycles. The largest absolute Gasteiger partial charge is 0.274 e. The van der Waals surface area contributed by atoms with Gasteiger partial charge in [0.1, 0.15) is 5.41 Å². The van der Waals surface area contributed by atoms with Crippen LogP contribution in [0.4, 0.5) is 5.69 Å². The SMILES string of the molecule is N#Cc1cccc(N2C(=O)CC(c3ccccc3)(c3ccccc3)C2=O)c1. The first-order valence-electron chi connectivity index (χ1n) is 8.65. The average molecular weight is 352 g/mol. The van der Waals surface area contributed by atoms with Crippen molar-refractivity contribution in [3.8, 4) is 6.07 Å². The molecule has 1 heterocycles. The van der Waals surface area contributed by atoms with E-state index in [1.54, 1.807) is 24.3 Å². The number of carbonyl (C=O) groups is 2. The Kier molecular flexibility index (Phi) is 4.06. The van der Waals surface area contributed by atoms with E-state index in [0.29, 0.717) is 11.3 Å². The first kappa shape index (κ1) is 16.7. The van der Waals surface area contributed by atoms with Gasteiger partial charge in [-0.2, -0.15) is 5.26 Å². The van der Waals surface area contributed by atoms with E-state index >= 15 is 0 Å². The molecule has 1 aliphatic heterocycles. The molecule has 0 atom stereocenters. The number of imide groups is 1. The summed E-state index contributed by atoms with van der Waals surface area (Å²) in [5.41, 5.74) is 1.34. The summed E-state index contributed by atoms with van der Waals surface area (Å²) < 4.78 is 0. The molecule has 2 amide bonds. The third-order valence-electron chi connectivity index (χ3n) is 5.00. The summed E-state index contributed by atoms with van der Waals surface area (Å²) in [5.74, 6) is -0.567. The number of carbonyl (C=O) groups excluding carboxylic acids is 2. The Morgan fingerprint density at radius 3 is 1.96 bits per heavy atom. The molecule has 0 unspecified atom stereocenters. The molecule has 0 aliphatic carbocycles. The third-order valence-corrected chi connectivity index (χ3v) is 5.00. The number of hydrogen-bond donors (Lipinski definition) is 0. The lowest BCUT2D eigenvalue weighted by molar-refractivity contribution is -0.122. The van der Waals surface area contributed by atoms with E-state index in [0.717, 1.165) is 11.1 Å². The number of hydrogen-bond acceptors (Lipinski definition) is 3. The van der Waals surface area contributed by atoms with Crippen LogP contribution in [0.25, 0.3) is 0 Å². The quantitative estimate of drug-likeness (QED) is 0.674. The summed E-state index contributed by atoms with van der Waals surface area (Å²) >= 11 is 0. The summed E-state index contributed by atoms with van der Waals surface area (Å²) in [6, 6.07) is 27.4. The Bertz CT molecular complexity index is 1010. The van der Waals surface area contributed by atoms with Crippen molar-refractivity contribution >= 4 is 17.5 Å². The summed E-state index contributed by atoms with van der Waals surface area (Å²) in [5, 5.41) is 9.16. The number of anilines is 1. The molecule has 1 saturated heterocycles. The molecule has 0 bridgehead atoms. The molecule has 27 heavy (non-hydrogen) atoms. The Hall–Kier alpha value is -3.71. The molecule has 0 saturated carbocycles. The Morgan fingerprint density at radius 1 is 0.815 bits per heavy atom. The first-order valence-corrected chi connectivity index (χ1v) is 8.65. The lowest BCUT2D eigenvalue weighted by Gasteiger charge is -2.28. The fourth-order valence-electron chi connectivity index (χ4n) is 3.72. The summed E-state index contributed by atoms with van der Waals surface area (Å²) in [4.78, 5) is 27.8. The van der Waals surface area contributed by atoms with Crippen LogP contribution in [0.1, 0.15) is 23.1 Å². The van der Waals surface area contributed by atoms with Crippen LogP contribution in [-0.2, 0) is 15.0 Å². The second kappa shape index (κ2) is 6.54. The predicted molar refractivity (Wildman–Crippen MR) is 102 cm³/mol. The van der Waals surface area contributed by atoms with Crippen LogP contribution in [0.5, 0.6) is 0 Å². The maximum atomic E-state index is 13.7. The lowest BCUT2D eigenvalue weighted by Crippen LogP contribution is -2.39. The highest BCUT2D eigenvalue weighted by molar-refractivity contribution is 6.26. The van der Waals surface area contributed by atoms with Gasteiger partial charge in [-0.3, -0.25) is 9.59 Å². The molecule has 4 heteroatoms. The fraction of sp³-hybridized carbons (Fsp3) is 0.0870. The molecule has 0 spiro atoms. The van der Waals surface area contributed by atoms with Crippen molar-refractivity contribution in [3.05, 3.63) is 102 Å². The molecule has 4 rings (SSSR count). The zero-order chi connectivity index (χ0) is 18.9. The Morgan fingerprint density at radius 2 is 1.41 bits per heavy atom. The van der Waals surface area contributed by atoms with Crippen LogP contribution >= 0.6 is 0 Å². The van der Waals surface area contributed by atoms with Gasteiger partial charge >= 0.3 is 0 Å². The minimum absolute atomic E-state index is 0.0522. The highest BCUT2D eigenvalue weighted by Gasteiger charge is 2.54. The van der Waals surface area contributed by atoms with Gasteiger partial charge in [-0.05, 0) is 29.3 Å². The number of nitrogens with zero attached hydrogens (tertiary/aromatic N) is 2. The summed E-state index contributed by atoms with van der Waals surface area (Å²) in [6.07, 6.45) is 0.0522. The topological polar surface area (TPSA) is 61.2 Å². The van der Waals surface area contributed by atoms with Gasteiger partial charge in [-0.15, -0.1) is 0 Å². The van der Waals surface area contributed by atoms with Crippen molar-refractivity contribution < 1.29 is 9.59 Å². The van der Waals surface area contributed by atoms with Crippen LogP contribution in [0.2, 0.25) is 0 Å². The standard InChI is InChI=1S/C23H16N2O2/c24-16-17-8-7-13-20(14-17)25-21(26)15-23(22(25)27,18-9-3-1-4-10-18)19-11-5-2-6-12-19/h1-14H,15H2. The zero-order valence-corrected chi connectivity index (χ0v) is 14.5. The molecule has 3 aromatic rings. The van der Waals surface area contributed by atoms with E-state index in [1.165, 1.54) is 4.90 Å². The third kappa shape index (κ3) is 2.61. The van der Waals surface area contributed by atoms with Crippen molar-refractivity contribution in [2.45, 2.75) is 11.8 Å². The molecular weight excluding hydrogens is 336 g/mol. The van der Waals surface area contributed by atoms with E-state index < -0.39 is 5.41 Å². The Balaban J connectivity index is 1.90.